The third kappa shape index (κ3) is 3.52. The SMILES string of the molecule is COc1ccc(C#N)cc1CSc1cc(C)cc(C)n1. The van der Waals surface area contributed by atoms with Crippen molar-refractivity contribution in [2.24, 2.45) is 0 Å². The number of hydrogen-bond donors (Lipinski definition) is 0. The Balaban J connectivity index is 2.19. The first-order valence-electron chi connectivity index (χ1n) is 6.27. The number of thioether (sulfide) groups is 1. The van der Waals surface area contributed by atoms with Crippen LogP contribution in [0, 0.1) is 25.2 Å². The van der Waals surface area contributed by atoms with Crippen molar-refractivity contribution < 1.29 is 4.74 Å². The zero-order valence-electron chi connectivity index (χ0n) is 11.8. The highest BCUT2D eigenvalue weighted by molar-refractivity contribution is 7.98. The van der Waals surface area contributed by atoms with Crippen molar-refractivity contribution in [2.75, 3.05) is 7.11 Å². The Bertz CT molecular complexity index is 642. The summed E-state index contributed by atoms with van der Waals surface area (Å²) in [5.41, 5.74) is 3.88. The van der Waals surface area contributed by atoms with E-state index in [2.05, 4.69) is 30.1 Å². The number of benzene rings is 1. The maximum Gasteiger partial charge on any atom is 0.122 e. The Morgan fingerprint density at radius 3 is 2.70 bits per heavy atom. The van der Waals surface area contributed by atoms with Gasteiger partial charge in [-0.1, -0.05) is 0 Å². The lowest BCUT2D eigenvalue weighted by Gasteiger charge is -2.09. The van der Waals surface area contributed by atoms with E-state index in [1.54, 1.807) is 24.9 Å². The number of aryl methyl sites for hydroxylation is 2. The van der Waals surface area contributed by atoms with Crippen molar-refractivity contribution in [1.29, 1.82) is 5.26 Å². The lowest BCUT2D eigenvalue weighted by Crippen LogP contribution is -1.93. The molecule has 2 rings (SSSR count). The smallest absolute Gasteiger partial charge is 0.122 e. The molecule has 0 aliphatic carbocycles. The molecule has 3 nitrogen and oxygen atoms in total. The topological polar surface area (TPSA) is 45.9 Å². The fraction of sp³-hybridized carbons (Fsp3) is 0.250. The second-order valence-corrected chi connectivity index (χ2v) is 5.55. The molecule has 2 aromatic rings. The van der Waals surface area contributed by atoms with Crippen molar-refractivity contribution in [3.63, 3.8) is 0 Å². The monoisotopic (exact) mass is 284 g/mol. The van der Waals surface area contributed by atoms with E-state index >= 15 is 0 Å². The molecule has 0 saturated heterocycles. The average Bonchev–Trinajstić information content (AvgIpc) is 2.43. The average molecular weight is 284 g/mol. The molecule has 0 bridgehead atoms. The number of hydrogen-bond acceptors (Lipinski definition) is 4. The van der Waals surface area contributed by atoms with E-state index in [9.17, 15) is 0 Å². The summed E-state index contributed by atoms with van der Waals surface area (Å²) in [7, 11) is 1.64. The van der Waals surface area contributed by atoms with Crippen molar-refractivity contribution in [3.8, 4) is 11.8 Å². The minimum Gasteiger partial charge on any atom is -0.496 e. The zero-order chi connectivity index (χ0) is 14.5. The first-order valence-corrected chi connectivity index (χ1v) is 7.26. The van der Waals surface area contributed by atoms with E-state index in [0.29, 0.717) is 5.56 Å². The fourth-order valence-electron chi connectivity index (χ4n) is 1.99. The molecule has 0 N–H and O–H groups in total. The molecular weight excluding hydrogens is 268 g/mol. The van der Waals surface area contributed by atoms with Gasteiger partial charge in [-0.25, -0.2) is 4.98 Å². The first kappa shape index (κ1) is 14.4. The molecule has 1 heterocycles. The molecule has 4 heteroatoms. The highest BCUT2D eigenvalue weighted by atomic mass is 32.2. The molecule has 1 aromatic carbocycles. The van der Waals surface area contributed by atoms with Crippen LogP contribution in [0.15, 0.2) is 35.4 Å². The summed E-state index contributed by atoms with van der Waals surface area (Å²) in [5.74, 6) is 1.54. The maximum atomic E-state index is 8.97. The Labute approximate surface area is 123 Å². The van der Waals surface area contributed by atoms with Crippen molar-refractivity contribution in [3.05, 3.63) is 52.7 Å². The van der Waals surface area contributed by atoms with Gasteiger partial charge in [-0.05, 0) is 49.7 Å². The summed E-state index contributed by atoms with van der Waals surface area (Å²) < 4.78 is 5.34. The van der Waals surface area contributed by atoms with Gasteiger partial charge in [0.2, 0.25) is 0 Å². The van der Waals surface area contributed by atoms with E-state index < -0.39 is 0 Å². The Morgan fingerprint density at radius 1 is 1.25 bits per heavy atom. The molecular formula is C16H16N2OS. The standard InChI is InChI=1S/C16H16N2OS/c1-11-6-12(2)18-16(7-11)20-10-14-8-13(9-17)4-5-15(14)19-3/h4-8H,10H2,1-3H3. The van der Waals surface area contributed by atoms with Crippen LogP contribution in [-0.4, -0.2) is 12.1 Å². The fourth-order valence-corrected chi connectivity index (χ4v) is 3.00. The number of ether oxygens (including phenoxy) is 1. The number of nitrogens with zero attached hydrogens (tertiary/aromatic N) is 2. The Kier molecular flexibility index (Phi) is 4.65. The molecule has 0 aliphatic heterocycles. The van der Waals surface area contributed by atoms with Crippen molar-refractivity contribution in [1.82, 2.24) is 4.98 Å². The highest BCUT2D eigenvalue weighted by Crippen LogP contribution is 2.28. The number of pyridine rings is 1. The van der Waals surface area contributed by atoms with Crippen LogP contribution >= 0.6 is 11.8 Å². The van der Waals surface area contributed by atoms with E-state index in [1.165, 1.54) is 5.56 Å². The number of methoxy groups -OCH3 is 1. The lowest BCUT2D eigenvalue weighted by molar-refractivity contribution is 0.411. The van der Waals surface area contributed by atoms with Gasteiger partial charge >= 0.3 is 0 Å². The molecule has 0 amide bonds. The quantitative estimate of drug-likeness (QED) is 0.799. The number of nitriles is 1. The zero-order valence-corrected chi connectivity index (χ0v) is 12.6. The van der Waals surface area contributed by atoms with E-state index in [-0.39, 0.29) is 0 Å². The molecule has 0 atom stereocenters. The second kappa shape index (κ2) is 6.44. The summed E-state index contributed by atoms with van der Waals surface area (Å²) in [5, 5.41) is 9.97. The van der Waals surface area contributed by atoms with Crippen LogP contribution < -0.4 is 4.74 Å². The van der Waals surface area contributed by atoms with Crippen LogP contribution in [-0.2, 0) is 5.75 Å². The maximum absolute atomic E-state index is 8.97. The van der Waals surface area contributed by atoms with Crippen LogP contribution in [0.25, 0.3) is 0 Å². The molecule has 0 radical (unpaired) electrons. The van der Waals surface area contributed by atoms with E-state index in [0.717, 1.165) is 27.8 Å². The third-order valence-electron chi connectivity index (χ3n) is 2.86. The van der Waals surface area contributed by atoms with Gasteiger partial charge in [-0.2, -0.15) is 5.26 Å². The van der Waals surface area contributed by atoms with Gasteiger partial charge in [0.1, 0.15) is 5.75 Å². The number of rotatable bonds is 4. The summed E-state index contributed by atoms with van der Waals surface area (Å²) in [4.78, 5) is 4.50. The summed E-state index contributed by atoms with van der Waals surface area (Å²) in [6.07, 6.45) is 0. The van der Waals surface area contributed by atoms with Gasteiger partial charge in [-0.3, -0.25) is 0 Å². The van der Waals surface area contributed by atoms with E-state index in [4.69, 9.17) is 10.00 Å². The van der Waals surface area contributed by atoms with Gasteiger partial charge < -0.3 is 4.74 Å². The molecule has 102 valence electrons. The van der Waals surface area contributed by atoms with Crippen LogP contribution in [0.1, 0.15) is 22.4 Å². The summed E-state index contributed by atoms with van der Waals surface area (Å²) in [6.45, 7) is 4.06. The second-order valence-electron chi connectivity index (χ2n) is 4.55. The van der Waals surface area contributed by atoms with Crippen LogP contribution in [0.2, 0.25) is 0 Å². The lowest BCUT2D eigenvalue weighted by atomic mass is 10.1. The Morgan fingerprint density at radius 2 is 2.05 bits per heavy atom. The molecule has 0 saturated carbocycles. The predicted molar refractivity (Wildman–Crippen MR) is 81.0 cm³/mol. The molecule has 0 spiro atoms. The Hall–Kier alpha value is -1.99. The molecule has 0 unspecified atom stereocenters. The minimum atomic E-state index is 0.648. The van der Waals surface area contributed by atoms with Gasteiger partial charge in [0, 0.05) is 17.0 Å². The molecule has 0 aliphatic rings. The highest BCUT2D eigenvalue weighted by Gasteiger charge is 2.06. The molecule has 0 fully saturated rings. The summed E-state index contributed by atoms with van der Waals surface area (Å²) >= 11 is 1.65. The third-order valence-corrected chi connectivity index (χ3v) is 3.82. The van der Waals surface area contributed by atoms with Gasteiger partial charge in [0.15, 0.2) is 0 Å². The predicted octanol–water partition coefficient (Wildman–Crippen LogP) is 3.87. The van der Waals surface area contributed by atoms with E-state index in [1.807, 2.05) is 19.1 Å². The first-order chi connectivity index (χ1) is 9.62. The largest absolute Gasteiger partial charge is 0.496 e. The van der Waals surface area contributed by atoms with Crippen LogP contribution in [0.3, 0.4) is 0 Å². The summed E-state index contributed by atoms with van der Waals surface area (Å²) in [6, 6.07) is 11.8. The van der Waals surface area contributed by atoms with Crippen molar-refractivity contribution >= 4 is 11.8 Å². The normalized spacial score (nSPS) is 10.1. The molecule has 1 aromatic heterocycles. The van der Waals surface area contributed by atoms with Gasteiger partial charge in [-0.15, -0.1) is 11.8 Å². The van der Waals surface area contributed by atoms with Gasteiger partial charge in [0.25, 0.3) is 0 Å². The number of aromatic nitrogens is 1. The van der Waals surface area contributed by atoms with Gasteiger partial charge in [0.05, 0.1) is 23.8 Å². The van der Waals surface area contributed by atoms with Crippen LogP contribution in [0.5, 0.6) is 5.75 Å². The van der Waals surface area contributed by atoms with Crippen molar-refractivity contribution in [2.45, 2.75) is 24.6 Å². The molecule has 20 heavy (non-hydrogen) atoms. The van der Waals surface area contributed by atoms with Crippen LogP contribution in [0.4, 0.5) is 0 Å². The minimum absolute atomic E-state index is 0.648.